The van der Waals surface area contributed by atoms with Crippen LogP contribution in [0.2, 0.25) is 0 Å². The normalized spacial score (nSPS) is 17.5. The molecule has 3 aromatic rings. The summed E-state index contributed by atoms with van der Waals surface area (Å²) in [5, 5.41) is 8.52. The molecular formula is C26H28N4O3S. The minimum atomic E-state index is -0.187. The highest BCUT2D eigenvalue weighted by Gasteiger charge is 2.34. The molecule has 34 heavy (non-hydrogen) atoms. The lowest BCUT2D eigenvalue weighted by Crippen LogP contribution is -2.46. The molecule has 0 radical (unpaired) electrons. The van der Waals surface area contributed by atoms with Crippen molar-refractivity contribution in [2.45, 2.75) is 40.2 Å². The van der Waals surface area contributed by atoms with E-state index in [1.54, 1.807) is 0 Å². The second kappa shape index (κ2) is 9.10. The second-order valence-electron chi connectivity index (χ2n) is 9.12. The van der Waals surface area contributed by atoms with Gasteiger partial charge in [0.2, 0.25) is 12.6 Å². The van der Waals surface area contributed by atoms with Gasteiger partial charge in [-0.1, -0.05) is 48.8 Å². The summed E-state index contributed by atoms with van der Waals surface area (Å²) in [4.78, 5) is 6.92. The number of allylic oxidation sites excluding steroid dienone is 1. The Bertz CT molecular complexity index is 1250. The second-order valence-corrected chi connectivity index (χ2v) is 9.50. The fourth-order valence-corrected chi connectivity index (χ4v) is 4.56. The number of rotatable bonds is 6. The minimum Gasteiger partial charge on any atom is -0.454 e. The Kier molecular flexibility index (Phi) is 6.00. The molecule has 0 amide bonds. The molecular weight excluding hydrogens is 448 g/mol. The number of hydrogen-bond donors (Lipinski definition) is 1. The van der Waals surface area contributed by atoms with E-state index in [0.29, 0.717) is 28.5 Å². The molecule has 2 aromatic carbocycles. The molecule has 1 atom stereocenters. The molecule has 3 heterocycles. The molecule has 1 unspecified atom stereocenters. The van der Waals surface area contributed by atoms with Gasteiger partial charge in [0, 0.05) is 17.8 Å². The van der Waals surface area contributed by atoms with Crippen LogP contribution in [0.4, 0.5) is 0 Å². The maximum absolute atomic E-state index is 5.83. The molecule has 0 saturated carbocycles. The summed E-state index contributed by atoms with van der Waals surface area (Å²) in [6.07, 6.45) is 1.02. The third-order valence-electron chi connectivity index (χ3n) is 6.22. The fourth-order valence-electron chi connectivity index (χ4n) is 4.21. The molecule has 2 aliphatic heterocycles. The Morgan fingerprint density at radius 1 is 1.09 bits per heavy atom. The lowest BCUT2D eigenvalue weighted by atomic mass is 9.94. The van der Waals surface area contributed by atoms with Gasteiger partial charge in [0.25, 0.3) is 5.89 Å². The van der Waals surface area contributed by atoms with Crippen molar-refractivity contribution in [2.75, 3.05) is 13.3 Å². The van der Waals surface area contributed by atoms with Crippen molar-refractivity contribution in [1.82, 2.24) is 20.4 Å². The van der Waals surface area contributed by atoms with Crippen LogP contribution in [-0.2, 0) is 0 Å². The van der Waals surface area contributed by atoms with Gasteiger partial charge in [-0.15, -0.1) is 0 Å². The number of aryl methyl sites for hydroxylation is 1. The number of nitrogens with one attached hydrogen (secondary N) is 1. The topological polar surface area (TPSA) is 72.6 Å². The number of hydrogen-bond acceptors (Lipinski definition) is 6. The van der Waals surface area contributed by atoms with Gasteiger partial charge in [0.1, 0.15) is 0 Å². The van der Waals surface area contributed by atoms with Crippen LogP contribution in [0.15, 0.2) is 52.7 Å². The summed E-state index contributed by atoms with van der Waals surface area (Å²) in [6, 6.07) is 13.9. The first-order valence-electron chi connectivity index (χ1n) is 11.5. The minimum absolute atomic E-state index is 0.187. The molecule has 0 bridgehead atoms. The highest BCUT2D eigenvalue weighted by Crippen LogP contribution is 2.39. The Hall–Kier alpha value is -3.39. The quantitative estimate of drug-likeness (QED) is 0.469. The van der Waals surface area contributed by atoms with Gasteiger partial charge in [-0.05, 0) is 62.2 Å². The van der Waals surface area contributed by atoms with Crippen molar-refractivity contribution >= 4 is 22.9 Å². The molecule has 1 N–H and O–H groups in total. The van der Waals surface area contributed by atoms with E-state index in [1.165, 1.54) is 5.56 Å². The van der Waals surface area contributed by atoms with Crippen LogP contribution in [0, 0.1) is 12.8 Å². The smallest absolute Gasteiger partial charge is 0.258 e. The molecule has 7 nitrogen and oxygen atoms in total. The highest BCUT2D eigenvalue weighted by molar-refractivity contribution is 7.80. The van der Waals surface area contributed by atoms with E-state index in [-0.39, 0.29) is 12.8 Å². The van der Waals surface area contributed by atoms with Gasteiger partial charge in [-0.25, -0.2) is 0 Å². The van der Waals surface area contributed by atoms with Crippen molar-refractivity contribution < 1.29 is 14.0 Å². The first-order valence-corrected chi connectivity index (χ1v) is 11.9. The van der Waals surface area contributed by atoms with Gasteiger partial charge < -0.3 is 24.2 Å². The van der Waals surface area contributed by atoms with Crippen LogP contribution in [-0.4, -0.2) is 33.5 Å². The third-order valence-corrected chi connectivity index (χ3v) is 6.56. The van der Waals surface area contributed by atoms with E-state index in [4.69, 9.17) is 31.2 Å². The van der Waals surface area contributed by atoms with Crippen molar-refractivity contribution in [2.24, 2.45) is 5.92 Å². The van der Waals surface area contributed by atoms with Crippen LogP contribution in [0.5, 0.6) is 11.5 Å². The number of benzene rings is 2. The lowest BCUT2D eigenvalue weighted by Gasteiger charge is -2.37. The number of ether oxygens (including phenoxy) is 2. The summed E-state index contributed by atoms with van der Waals surface area (Å²) < 4.78 is 16.8. The monoisotopic (exact) mass is 476 g/mol. The van der Waals surface area contributed by atoms with Crippen molar-refractivity contribution in [3.05, 3.63) is 65.2 Å². The molecule has 0 saturated heterocycles. The maximum Gasteiger partial charge on any atom is 0.258 e. The molecule has 176 valence electrons. The highest BCUT2D eigenvalue weighted by atomic mass is 32.1. The lowest BCUT2D eigenvalue weighted by molar-refractivity contribution is 0.174. The SMILES string of the molecule is CC1=C(c2nc(-c3ccc4c(c3)OCO4)no2)C(c2ccc(C)cc2)NC(=S)N1CCC(C)C. The predicted molar refractivity (Wildman–Crippen MR) is 134 cm³/mol. The summed E-state index contributed by atoms with van der Waals surface area (Å²) in [6.45, 7) is 9.62. The fraction of sp³-hybridized carbons (Fsp3) is 0.346. The van der Waals surface area contributed by atoms with E-state index in [0.717, 1.165) is 41.1 Å². The van der Waals surface area contributed by atoms with Crippen molar-refractivity contribution in [3.63, 3.8) is 0 Å². The standard InChI is InChI=1S/C26H28N4O3S/c1-15(2)11-12-30-17(4)22(23(27-26(30)34)18-7-5-16(3)6-8-18)25-28-24(29-33-25)19-9-10-20-21(13-19)32-14-31-20/h5-10,13,15,23H,11-12,14H2,1-4H3,(H,27,34). The number of aromatic nitrogens is 2. The van der Waals surface area contributed by atoms with Crippen molar-refractivity contribution in [1.29, 1.82) is 0 Å². The summed E-state index contributed by atoms with van der Waals surface area (Å²) in [5.74, 6) is 2.94. The van der Waals surface area contributed by atoms with E-state index in [2.05, 4.69) is 67.3 Å². The molecule has 2 aliphatic rings. The maximum atomic E-state index is 5.83. The molecule has 0 spiro atoms. The zero-order valence-corrected chi connectivity index (χ0v) is 20.6. The first kappa shape index (κ1) is 22.4. The molecule has 0 fully saturated rings. The summed E-state index contributed by atoms with van der Waals surface area (Å²) >= 11 is 5.78. The van der Waals surface area contributed by atoms with Crippen molar-refractivity contribution in [3.8, 4) is 22.9 Å². The first-order chi connectivity index (χ1) is 16.4. The Morgan fingerprint density at radius 3 is 2.62 bits per heavy atom. The number of fused-ring (bicyclic) bond motifs is 1. The zero-order chi connectivity index (χ0) is 23.8. The van der Waals surface area contributed by atoms with E-state index in [1.807, 2.05) is 18.2 Å². The van der Waals surface area contributed by atoms with Crippen LogP contribution in [0.3, 0.4) is 0 Å². The van der Waals surface area contributed by atoms with Crippen LogP contribution < -0.4 is 14.8 Å². The van der Waals surface area contributed by atoms with E-state index >= 15 is 0 Å². The Balaban J connectivity index is 1.55. The molecule has 5 rings (SSSR count). The van der Waals surface area contributed by atoms with Gasteiger partial charge in [0.05, 0.1) is 11.6 Å². The Morgan fingerprint density at radius 2 is 1.85 bits per heavy atom. The molecule has 8 heteroatoms. The van der Waals surface area contributed by atoms with E-state index < -0.39 is 0 Å². The molecule has 1 aromatic heterocycles. The molecule has 0 aliphatic carbocycles. The van der Waals surface area contributed by atoms with Gasteiger partial charge in [0.15, 0.2) is 16.6 Å². The zero-order valence-electron chi connectivity index (χ0n) is 19.8. The summed E-state index contributed by atoms with van der Waals surface area (Å²) in [5.41, 5.74) is 5.05. The number of nitrogens with zero attached hydrogens (tertiary/aromatic N) is 3. The number of thiocarbonyl (C=S) groups is 1. The third kappa shape index (κ3) is 4.25. The van der Waals surface area contributed by atoms with Crippen LogP contribution in [0.1, 0.15) is 50.3 Å². The largest absolute Gasteiger partial charge is 0.454 e. The van der Waals surface area contributed by atoms with Gasteiger partial charge in [-0.3, -0.25) is 0 Å². The predicted octanol–water partition coefficient (Wildman–Crippen LogP) is 5.48. The van der Waals surface area contributed by atoms with E-state index in [9.17, 15) is 0 Å². The summed E-state index contributed by atoms with van der Waals surface area (Å²) in [7, 11) is 0. The van der Waals surface area contributed by atoms with Gasteiger partial charge >= 0.3 is 0 Å². The average Bonchev–Trinajstić information content (AvgIpc) is 3.48. The van der Waals surface area contributed by atoms with Gasteiger partial charge in [-0.2, -0.15) is 4.98 Å². The van der Waals surface area contributed by atoms with Crippen LogP contribution in [0.25, 0.3) is 17.0 Å². The Labute approximate surface area is 204 Å². The van der Waals surface area contributed by atoms with Crippen LogP contribution >= 0.6 is 12.2 Å². The average molecular weight is 477 g/mol.